The van der Waals surface area contributed by atoms with Crippen molar-refractivity contribution >= 4 is 50.7 Å². The zero-order chi connectivity index (χ0) is 24.9. The van der Waals surface area contributed by atoms with Crippen molar-refractivity contribution < 1.29 is 22.7 Å². The van der Waals surface area contributed by atoms with Gasteiger partial charge in [0.15, 0.2) is 0 Å². The predicted octanol–water partition coefficient (Wildman–Crippen LogP) is 5.22. The summed E-state index contributed by atoms with van der Waals surface area (Å²) in [4.78, 5) is 13.9. The second-order valence-corrected chi connectivity index (χ2v) is 10.4. The summed E-state index contributed by atoms with van der Waals surface area (Å²) in [6, 6.07) is 16.7. The number of benzene rings is 3. The molecule has 0 spiro atoms. The number of amides is 1. The minimum absolute atomic E-state index is 0.0564. The summed E-state index contributed by atoms with van der Waals surface area (Å²) in [7, 11) is -1.36. The van der Waals surface area contributed by atoms with Gasteiger partial charge in [0.1, 0.15) is 22.9 Å². The number of carbonyl (C=O) groups is 1. The molecule has 0 aliphatic heterocycles. The molecule has 7 nitrogen and oxygen atoms in total. The SMILES string of the molecule is COc1ccc(N(CC(=O)Nc2cccc(SC)c2)S(=O)(=O)c2cc(C)ccc2OC)cc1Cl. The molecule has 34 heavy (non-hydrogen) atoms. The number of hydrogen-bond acceptors (Lipinski definition) is 6. The van der Waals surface area contributed by atoms with Gasteiger partial charge in [0.25, 0.3) is 10.0 Å². The Morgan fingerprint density at radius 3 is 2.38 bits per heavy atom. The van der Waals surface area contributed by atoms with E-state index in [1.165, 1.54) is 44.2 Å². The van der Waals surface area contributed by atoms with E-state index >= 15 is 0 Å². The summed E-state index contributed by atoms with van der Waals surface area (Å²) in [5, 5.41) is 2.98. The molecular weight excluding hydrogens is 496 g/mol. The lowest BCUT2D eigenvalue weighted by Crippen LogP contribution is -2.38. The van der Waals surface area contributed by atoms with Crippen molar-refractivity contribution in [1.29, 1.82) is 0 Å². The van der Waals surface area contributed by atoms with Gasteiger partial charge in [-0.2, -0.15) is 0 Å². The van der Waals surface area contributed by atoms with Gasteiger partial charge in [-0.05, 0) is 67.3 Å². The third kappa shape index (κ3) is 5.78. The van der Waals surface area contributed by atoms with E-state index in [2.05, 4.69) is 5.32 Å². The van der Waals surface area contributed by atoms with Crippen molar-refractivity contribution in [1.82, 2.24) is 0 Å². The molecule has 1 amide bonds. The topological polar surface area (TPSA) is 84.9 Å². The number of nitrogens with zero attached hydrogens (tertiary/aromatic N) is 1. The lowest BCUT2D eigenvalue weighted by Gasteiger charge is -2.25. The number of aryl methyl sites for hydroxylation is 1. The van der Waals surface area contributed by atoms with E-state index in [1.54, 1.807) is 31.2 Å². The average Bonchev–Trinajstić information content (AvgIpc) is 2.82. The highest BCUT2D eigenvalue weighted by atomic mass is 35.5. The maximum absolute atomic E-state index is 13.8. The number of anilines is 2. The van der Waals surface area contributed by atoms with E-state index in [0.717, 1.165) is 14.8 Å². The Bertz CT molecular complexity index is 1300. The first-order valence-electron chi connectivity index (χ1n) is 10.1. The Labute approximate surface area is 209 Å². The normalized spacial score (nSPS) is 11.1. The number of carbonyl (C=O) groups excluding carboxylic acids is 1. The summed E-state index contributed by atoms with van der Waals surface area (Å²) in [6.45, 7) is 1.30. The second-order valence-electron chi connectivity index (χ2n) is 7.26. The van der Waals surface area contributed by atoms with Gasteiger partial charge in [0, 0.05) is 10.6 Å². The van der Waals surface area contributed by atoms with Crippen LogP contribution in [0, 0.1) is 6.92 Å². The lowest BCUT2D eigenvalue weighted by molar-refractivity contribution is -0.114. The van der Waals surface area contributed by atoms with Gasteiger partial charge in [-0.25, -0.2) is 8.42 Å². The van der Waals surface area contributed by atoms with Crippen LogP contribution in [-0.4, -0.2) is 41.3 Å². The molecule has 0 fully saturated rings. The number of rotatable bonds is 9. The fraction of sp³-hybridized carbons (Fsp3) is 0.208. The minimum atomic E-state index is -4.21. The number of thioether (sulfide) groups is 1. The first-order chi connectivity index (χ1) is 16.2. The van der Waals surface area contributed by atoms with Crippen molar-refractivity contribution in [2.75, 3.05) is 36.6 Å². The number of sulfonamides is 1. The van der Waals surface area contributed by atoms with Gasteiger partial charge in [0.2, 0.25) is 5.91 Å². The van der Waals surface area contributed by atoms with Crippen LogP contribution in [0.3, 0.4) is 0 Å². The van der Waals surface area contributed by atoms with Gasteiger partial charge in [0.05, 0.1) is 24.9 Å². The molecule has 0 bridgehead atoms. The van der Waals surface area contributed by atoms with E-state index < -0.39 is 22.5 Å². The lowest BCUT2D eigenvalue weighted by atomic mass is 10.2. The number of hydrogen-bond donors (Lipinski definition) is 1. The summed E-state index contributed by atoms with van der Waals surface area (Å²) in [5.41, 5.74) is 1.50. The van der Waals surface area contributed by atoms with Crippen LogP contribution in [0.25, 0.3) is 0 Å². The first kappa shape index (κ1) is 25.7. The standard InChI is InChI=1S/C24H25ClN2O5S2/c1-16-8-10-22(32-3)23(12-16)34(29,30)27(18-9-11-21(31-2)20(25)14-18)15-24(28)26-17-6-5-7-19(13-17)33-4/h5-14H,15H2,1-4H3,(H,26,28). The Morgan fingerprint density at radius 2 is 1.74 bits per heavy atom. The summed E-state index contributed by atoms with van der Waals surface area (Å²) >= 11 is 7.81. The van der Waals surface area contributed by atoms with E-state index in [9.17, 15) is 13.2 Å². The van der Waals surface area contributed by atoms with Crippen LogP contribution in [0.15, 0.2) is 70.5 Å². The third-order valence-corrected chi connectivity index (χ3v) is 7.77. The summed E-state index contributed by atoms with van der Waals surface area (Å²) < 4.78 is 39.1. The van der Waals surface area contributed by atoms with Gasteiger partial charge in [-0.15, -0.1) is 11.8 Å². The van der Waals surface area contributed by atoms with Crippen LogP contribution in [0.1, 0.15) is 5.56 Å². The van der Waals surface area contributed by atoms with Crippen LogP contribution in [-0.2, 0) is 14.8 Å². The van der Waals surface area contributed by atoms with E-state index in [4.69, 9.17) is 21.1 Å². The average molecular weight is 521 g/mol. The van der Waals surface area contributed by atoms with Gasteiger partial charge in [-0.3, -0.25) is 9.10 Å². The molecule has 3 aromatic carbocycles. The molecule has 0 unspecified atom stereocenters. The molecule has 0 heterocycles. The number of nitrogens with one attached hydrogen (secondary N) is 1. The van der Waals surface area contributed by atoms with Crippen molar-refractivity contribution in [3.05, 3.63) is 71.2 Å². The molecule has 3 rings (SSSR count). The van der Waals surface area contributed by atoms with Crippen LogP contribution in [0.4, 0.5) is 11.4 Å². The first-order valence-corrected chi connectivity index (χ1v) is 13.2. The highest BCUT2D eigenvalue weighted by Crippen LogP contribution is 2.34. The number of halogens is 1. The maximum Gasteiger partial charge on any atom is 0.268 e. The monoisotopic (exact) mass is 520 g/mol. The number of ether oxygens (including phenoxy) is 2. The molecular formula is C24H25ClN2O5S2. The zero-order valence-electron chi connectivity index (χ0n) is 19.2. The van der Waals surface area contributed by atoms with Crippen molar-refractivity contribution in [2.24, 2.45) is 0 Å². The quantitative estimate of drug-likeness (QED) is 0.389. The second kappa shape index (κ2) is 11.0. The highest BCUT2D eigenvalue weighted by molar-refractivity contribution is 7.98. The Balaban J connectivity index is 2.04. The summed E-state index contributed by atoms with van der Waals surface area (Å²) in [5.74, 6) is 0.0397. The van der Waals surface area contributed by atoms with E-state index in [-0.39, 0.29) is 21.4 Å². The van der Waals surface area contributed by atoms with Gasteiger partial charge < -0.3 is 14.8 Å². The van der Waals surface area contributed by atoms with Gasteiger partial charge in [-0.1, -0.05) is 23.7 Å². The molecule has 3 aromatic rings. The van der Waals surface area contributed by atoms with Gasteiger partial charge >= 0.3 is 0 Å². The van der Waals surface area contributed by atoms with E-state index in [1.807, 2.05) is 24.5 Å². The Hall–Kier alpha value is -2.88. The van der Waals surface area contributed by atoms with E-state index in [0.29, 0.717) is 11.4 Å². The zero-order valence-corrected chi connectivity index (χ0v) is 21.6. The highest BCUT2D eigenvalue weighted by Gasteiger charge is 2.30. The molecule has 0 aliphatic rings. The molecule has 180 valence electrons. The molecule has 0 aromatic heterocycles. The smallest absolute Gasteiger partial charge is 0.268 e. The molecule has 0 saturated heterocycles. The number of methoxy groups -OCH3 is 2. The maximum atomic E-state index is 13.8. The van der Waals surface area contributed by atoms with Crippen molar-refractivity contribution in [3.63, 3.8) is 0 Å². The largest absolute Gasteiger partial charge is 0.495 e. The third-order valence-electron chi connectivity index (χ3n) is 4.95. The van der Waals surface area contributed by atoms with Crippen molar-refractivity contribution in [2.45, 2.75) is 16.7 Å². The van der Waals surface area contributed by atoms with Crippen LogP contribution >= 0.6 is 23.4 Å². The van der Waals surface area contributed by atoms with Crippen LogP contribution < -0.4 is 19.1 Å². The molecule has 0 radical (unpaired) electrons. The fourth-order valence-corrected chi connectivity index (χ4v) is 5.63. The molecule has 1 N–H and O–H groups in total. The Morgan fingerprint density at radius 1 is 1.03 bits per heavy atom. The van der Waals surface area contributed by atoms with Crippen molar-refractivity contribution in [3.8, 4) is 11.5 Å². The fourth-order valence-electron chi connectivity index (χ4n) is 3.26. The predicted molar refractivity (Wildman–Crippen MR) is 137 cm³/mol. The summed E-state index contributed by atoms with van der Waals surface area (Å²) in [6.07, 6.45) is 1.93. The molecule has 0 atom stereocenters. The minimum Gasteiger partial charge on any atom is -0.495 e. The van der Waals surface area contributed by atoms with Crippen LogP contribution in [0.2, 0.25) is 5.02 Å². The molecule has 0 saturated carbocycles. The molecule has 0 aliphatic carbocycles. The molecule has 10 heteroatoms. The Kier molecular flexibility index (Phi) is 8.35. The van der Waals surface area contributed by atoms with Crippen LogP contribution in [0.5, 0.6) is 11.5 Å².